The number of ether oxygens (including phenoxy) is 1. The molecule has 1 aliphatic heterocycles. The molecule has 0 unspecified atom stereocenters. The van der Waals surface area contributed by atoms with E-state index in [1.54, 1.807) is 6.08 Å². The number of rotatable bonds is 2. The van der Waals surface area contributed by atoms with Gasteiger partial charge in [-0.1, -0.05) is 6.08 Å². The topological polar surface area (TPSA) is 35.2 Å². The fourth-order valence-electron chi connectivity index (χ4n) is 1.67. The highest BCUT2D eigenvalue weighted by molar-refractivity contribution is 5.47. The van der Waals surface area contributed by atoms with Crippen LogP contribution in [0.4, 0.5) is 4.39 Å². The fraction of sp³-hybridized carbons (Fsp3) is 0.273. The zero-order chi connectivity index (χ0) is 10.1. The molecule has 0 aromatic heterocycles. The first kappa shape index (κ1) is 9.21. The SMILES string of the molecule is C=C[C@@H](N)c1cc(F)cc2c1OCC2. The lowest BCUT2D eigenvalue weighted by Crippen LogP contribution is -2.08. The van der Waals surface area contributed by atoms with Crippen LogP contribution in [0.25, 0.3) is 0 Å². The molecule has 0 radical (unpaired) electrons. The molecule has 1 aromatic rings. The first-order chi connectivity index (χ1) is 6.72. The van der Waals surface area contributed by atoms with Crippen molar-refractivity contribution in [3.63, 3.8) is 0 Å². The molecule has 0 amide bonds. The zero-order valence-corrected chi connectivity index (χ0v) is 7.79. The molecular formula is C11H12FNO. The van der Waals surface area contributed by atoms with Crippen LogP contribution in [-0.2, 0) is 6.42 Å². The van der Waals surface area contributed by atoms with Gasteiger partial charge in [0.05, 0.1) is 12.6 Å². The average Bonchev–Trinajstić information content (AvgIpc) is 2.62. The van der Waals surface area contributed by atoms with Gasteiger partial charge in [0, 0.05) is 17.5 Å². The number of hydrogen-bond acceptors (Lipinski definition) is 2. The lowest BCUT2D eigenvalue weighted by atomic mass is 10.0. The van der Waals surface area contributed by atoms with Crippen molar-refractivity contribution in [1.82, 2.24) is 0 Å². The van der Waals surface area contributed by atoms with E-state index in [4.69, 9.17) is 10.5 Å². The third-order valence-electron chi connectivity index (χ3n) is 2.39. The number of nitrogens with two attached hydrogens (primary N) is 1. The molecule has 2 nitrogen and oxygen atoms in total. The van der Waals surface area contributed by atoms with E-state index in [9.17, 15) is 4.39 Å². The van der Waals surface area contributed by atoms with Crippen LogP contribution >= 0.6 is 0 Å². The summed E-state index contributed by atoms with van der Waals surface area (Å²) < 4.78 is 18.6. The summed E-state index contributed by atoms with van der Waals surface area (Å²) in [6.45, 7) is 4.20. The molecule has 1 aliphatic rings. The van der Waals surface area contributed by atoms with Crippen molar-refractivity contribution >= 4 is 0 Å². The number of halogens is 1. The molecule has 14 heavy (non-hydrogen) atoms. The van der Waals surface area contributed by atoms with Crippen molar-refractivity contribution in [3.8, 4) is 5.75 Å². The van der Waals surface area contributed by atoms with E-state index in [2.05, 4.69) is 6.58 Å². The van der Waals surface area contributed by atoms with Crippen LogP contribution in [0.2, 0.25) is 0 Å². The Hall–Kier alpha value is -1.35. The maximum absolute atomic E-state index is 13.2. The van der Waals surface area contributed by atoms with E-state index >= 15 is 0 Å². The third kappa shape index (κ3) is 1.40. The molecule has 1 atom stereocenters. The van der Waals surface area contributed by atoms with Gasteiger partial charge in [-0.2, -0.15) is 0 Å². The van der Waals surface area contributed by atoms with Crippen molar-refractivity contribution in [2.24, 2.45) is 5.73 Å². The maximum atomic E-state index is 13.2. The summed E-state index contributed by atoms with van der Waals surface area (Å²) in [6.07, 6.45) is 2.33. The van der Waals surface area contributed by atoms with Crippen molar-refractivity contribution in [3.05, 3.63) is 41.7 Å². The monoisotopic (exact) mass is 193 g/mol. The number of benzene rings is 1. The van der Waals surface area contributed by atoms with E-state index in [1.165, 1.54) is 12.1 Å². The van der Waals surface area contributed by atoms with E-state index in [1.807, 2.05) is 0 Å². The fourth-order valence-corrected chi connectivity index (χ4v) is 1.67. The summed E-state index contributed by atoms with van der Waals surface area (Å²) in [5.41, 5.74) is 7.36. The summed E-state index contributed by atoms with van der Waals surface area (Å²) in [4.78, 5) is 0. The summed E-state index contributed by atoms with van der Waals surface area (Å²) in [5, 5.41) is 0. The maximum Gasteiger partial charge on any atom is 0.127 e. The minimum absolute atomic E-state index is 0.262. The minimum Gasteiger partial charge on any atom is -0.493 e. The van der Waals surface area contributed by atoms with E-state index in [-0.39, 0.29) is 11.9 Å². The normalized spacial score (nSPS) is 15.9. The highest BCUT2D eigenvalue weighted by Crippen LogP contribution is 2.33. The highest BCUT2D eigenvalue weighted by atomic mass is 19.1. The van der Waals surface area contributed by atoms with Crippen molar-refractivity contribution in [2.75, 3.05) is 6.61 Å². The van der Waals surface area contributed by atoms with Crippen LogP contribution in [0.15, 0.2) is 24.8 Å². The van der Waals surface area contributed by atoms with Crippen molar-refractivity contribution < 1.29 is 9.13 Å². The molecule has 0 spiro atoms. The standard InChI is InChI=1S/C11H12FNO/c1-2-10(13)9-6-8(12)5-7-3-4-14-11(7)9/h2,5-6,10H,1,3-4,13H2/t10-/m1/s1. The summed E-state index contributed by atoms with van der Waals surface area (Å²) in [7, 11) is 0. The van der Waals surface area contributed by atoms with E-state index < -0.39 is 0 Å². The third-order valence-corrected chi connectivity index (χ3v) is 2.39. The second kappa shape index (κ2) is 3.42. The summed E-state index contributed by atoms with van der Waals surface area (Å²) >= 11 is 0. The van der Waals surface area contributed by atoms with Gasteiger partial charge in [-0.3, -0.25) is 0 Å². The van der Waals surface area contributed by atoms with Gasteiger partial charge in [-0.05, 0) is 12.1 Å². The van der Waals surface area contributed by atoms with Crippen LogP contribution in [-0.4, -0.2) is 6.61 Å². The van der Waals surface area contributed by atoms with Crippen molar-refractivity contribution in [1.29, 1.82) is 0 Å². The molecule has 74 valence electrons. The predicted molar refractivity (Wildman–Crippen MR) is 52.7 cm³/mol. The van der Waals surface area contributed by atoms with Crippen LogP contribution < -0.4 is 10.5 Å². The molecule has 2 N–H and O–H groups in total. The molecule has 2 rings (SSSR count). The minimum atomic E-state index is -0.363. The van der Waals surface area contributed by atoms with Gasteiger partial charge in [0.15, 0.2) is 0 Å². The molecule has 0 saturated carbocycles. The highest BCUT2D eigenvalue weighted by Gasteiger charge is 2.20. The van der Waals surface area contributed by atoms with Crippen molar-refractivity contribution in [2.45, 2.75) is 12.5 Å². The zero-order valence-electron chi connectivity index (χ0n) is 7.79. The average molecular weight is 193 g/mol. The molecule has 1 aromatic carbocycles. The first-order valence-corrected chi connectivity index (χ1v) is 4.55. The lowest BCUT2D eigenvalue weighted by molar-refractivity contribution is 0.352. The van der Waals surface area contributed by atoms with Crippen LogP contribution in [0.3, 0.4) is 0 Å². The molecular weight excluding hydrogens is 181 g/mol. The Morgan fingerprint density at radius 1 is 1.57 bits per heavy atom. The number of fused-ring (bicyclic) bond motifs is 1. The van der Waals surface area contributed by atoms with E-state index in [0.29, 0.717) is 12.2 Å². The Balaban J connectivity index is 2.53. The summed E-state index contributed by atoms with van der Waals surface area (Å²) in [6, 6.07) is 2.55. The molecule has 0 aliphatic carbocycles. The Morgan fingerprint density at radius 2 is 2.36 bits per heavy atom. The van der Waals surface area contributed by atoms with Gasteiger partial charge in [-0.25, -0.2) is 4.39 Å². The van der Waals surface area contributed by atoms with Crippen LogP contribution in [0.5, 0.6) is 5.75 Å². The predicted octanol–water partition coefficient (Wildman–Crippen LogP) is 1.95. The first-order valence-electron chi connectivity index (χ1n) is 4.55. The quantitative estimate of drug-likeness (QED) is 0.728. The smallest absolute Gasteiger partial charge is 0.127 e. The van der Waals surface area contributed by atoms with Gasteiger partial charge in [0.1, 0.15) is 11.6 Å². The largest absolute Gasteiger partial charge is 0.493 e. The van der Waals surface area contributed by atoms with Gasteiger partial charge in [-0.15, -0.1) is 6.58 Å². The summed E-state index contributed by atoms with van der Waals surface area (Å²) in [5.74, 6) is 0.473. The Morgan fingerprint density at radius 3 is 3.07 bits per heavy atom. The van der Waals surface area contributed by atoms with Gasteiger partial charge in [0.2, 0.25) is 0 Å². The Labute approximate surface area is 82.2 Å². The van der Waals surface area contributed by atoms with E-state index in [0.717, 1.165) is 17.7 Å². The van der Waals surface area contributed by atoms with Gasteiger partial charge in [0.25, 0.3) is 0 Å². The van der Waals surface area contributed by atoms with Crippen LogP contribution in [0, 0.1) is 5.82 Å². The number of hydrogen-bond donors (Lipinski definition) is 1. The van der Waals surface area contributed by atoms with Gasteiger partial charge < -0.3 is 10.5 Å². The second-order valence-corrected chi connectivity index (χ2v) is 3.34. The molecule has 0 saturated heterocycles. The molecule has 1 heterocycles. The molecule has 0 fully saturated rings. The Kier molecular flexibility index (Phi) is 2.25. The molecule has 0 bridgehead atoms. The Bertz CT molecular complexity index is 376. The molecule has 3 heteroatoms. The second-order valence-electron chi connectivity index (χ2n) is 3.34. The van der Waals surface area contributed by atoms with Crippen LogP contribution in [0.1, 0.15) is 17.2 Å². The van der Waals surface area contributed by atoms with Gasteiger partial charge >= 0.3 is 0 Å². The lowest BCUT2D eigenvalue weighted by Gasteiger charge is -2.11.